The molecule has 2 aromatic rings. The SMILES string of the molecule is Cl.N[C@H](c1ccc(Cl)c(F)c1)c1cccs1. The highest BCUT2D eigenvalue weighted by Gasteiger charge is 2.11. The molecule has 0 spiro atoms. The predicted molar refractivity (Wildman–Crippen MR) is 69.0 cm³/mol. The van der Waals surface area contributed by atoms with Crippen LogP contribution >= 0.6 is 35.3 Å². The molecule has 16 heavy (non-hydrogen) atoms. The molecule has 0 aliphatic rings. The Morgan fingerprint density at radius 2 is 2.06 bits per heavy atom. The second-order valence-corrected chi connectivity index (χ2v) is 4.55. The van der Waals surface area contributed by atoms with Crippen molar-refractivity contribution < 1.29 is 4.39 Å². The van der Waals surface area contributed by atoms with E-state index in [4.69, 9.17) is 17.3 Å². The van der Waals surface area contributed by atoms with Crippen LogP contribution in [0.1, 0.15) is 16.5 Å². The lowest BCUT2D eigenvalue weighted by Gasteiger charge is -2.10. The maximum atomic E-state index is 13.2. The van der Waals surface area contributed by atoms with Crippen LogP contribution in [-0.2, 0) is 0 Å². The Morgan fingerprint density at radius 1 is 1.31 bits per heavy atom. The second kappa shape index (κ2) is 5.64. The van der Waals surface area contributed by atoms with E-state index < -0.39 is 5.82 Å². The van der Waals surface area contributed by atoms with Crippen molar-refractivity contribution in [3.63, 3.8) is 0 Å². The molecule has 0 bridgehead atoms. The third kappa shape index (κ3) is 2.74. The summed E-state index contributed by atoms with van der Waals surface area (Å²) < 4.78 is 13.2. The zero-order chi connectivity index (χ0) is 10.8. The van der Waals surface area contributed by atoms with Crippen molar-refractivity contribution in [3.8, 4) is 0 Å². The molecular weight excluding hydrogens is 268 g/mol. The predicted octanol–water partition coefficient (Wildman–Crippen LogP) is 4.01. The first kappa shape index (κ1) is 13.5. The summed E-state index contributed by atoms with van der Waals surface area (Å²) in [5.41, 5.74) is 6.72. The number of benzene rings is 1. The summed E-state index contributed by atoms with van der Waals surface area (Å²) >= 11 is 7.15. The van der Waals surface area contributed by atoms with Crippen molar-refractivity contribution in [3.05, 3.63) is 57.0 Å². The van der Waals surface area contributed by atoms with E-state index in [1.165, 1.54) is 12.1 Å². The molecule has 0 saturated carbocycles. The van der Waals surface area contributed by atoms with Gasteiger partial charge in [-0.05, 0) is 29.1 Å². The fourth-order valence-corrected chi connectivity index (χ4v) is 2.21. The molecule has 0 aliphatic heterocycles. The summed E-state index contributed by atoms with van der Waals surface area (Å²) in [6, 6.07) is 8.23. The van der Waals surface area contributed by atoms with Gasteiger partial charge in [-0.1, -0.05) is 23.7 Å². The van der Waals surface area contributed by atoms with Gasteiger partial charge in [-0.2, -0.15) is 0 Å². The van der Waals surface area contributed by atoms with Gasteiger partial charge in [0.2, 0.25) is 0 Å². The minimum atomic E-state index is -0.429. The molecule has 0 aliphatic carbocycles. The Balaban J connectivity index is 0.00000128. The van der Waals surface area contributed by atoms with E-state index in [-0.39, 0.29) is 23.5 Å². The van der Waals surface area contributed by atoms with Crippen LogP contribution in [0.15, 0.2) is 35.7 Å². The summed E-state index contributed by atoms with van der Waals surface area (Å²) in [4.78, 5) is 1.01. The van der Waals surface area contributed by atoms with Crippen molar-refractivity contribution in [1.29, 1.82) is 0 Å². The fourth-order valence-electron chi connectivity index (χ4n) is 1.34. The van der Waals surface area contributed by atoms with Gasteiger partial charge in [0, 0.05) is 4.88 Å². The van der Waals surface area contributed by atoms with E-state index in [0.29, 0.717) is 0 Å². The second-order valence-electron chi connectivity index (χ2n) is 3.17. The number of thiophene rings is 1. The van der Waals surface area contributed by atoms with Crippen molar-refractivity contribution in [1.82, 2.24) is 0 Å². The highest BCUT2D eigenvalue weighted by atomic mass is 35.5. The minimum absolute atomic E-state index is 0. The van der Waals surface area contributed by atoms with Crippen molar-refractivity contribution in [2.45, 2.75) is 6.04 Å². The molecule has 1 aromatic heterocycles. The molecule has 2 N–H and O–H groups in total. The van der Waals surface area contributed by atoms with Crippen LogP contribution in [0.3, 0.4) is 0 Å². The Labute approximate surface area is 108 Å². The van der Waals surface area contributed by atoms with Crippen LogP contribution < -0.4 is 5.73 Å². The Kier molecular flexibility index (Phi) is 4.74. The fraction of sp³-hybridized carbons (Fsp3) is 0.0909. The maximum absolute atomic E-state index is 13.2. The van der Waals surface area contributed by atoms with E-state index in [1.54, 1.807) is 17.4 Å². The standard InChI is InChI=1S/C11H9ClFNS.ClH/c12-8-4-3-7(6-9(8)13)11(14)10-2-1-5-15-10;/h1-6,11H,14H2;1H/t11-;/m1./s1. The van der Waals surface area contributed by atoms with Crippen LogP contribution in [0.4, 0.5) is 4.39 Å². The molecule has 0 amide bonds. The quantitative estimate of drug-likeness (QED) is 0.882. The zero-order valence-corrected chi connectivity index (χ0v) is 10.6. The molecule has 1 atom stereocenters. The van der Waals surface area contributed by atoms with E-state index in [9.17, 15) is 4.39 Å². The first-order valence-corrected chi connectivity index (χ1v) is 5.68. The Morgan fingerprint density at radius 3 is 2.62 bits per heavy atom. The van der Waals surface area contributed by atoms with Gasteiger partial charge in [0.25, 0.3) is 0 Å². The number of hydrogen-bond acceptors (Lipinski definition) is 2. The summed E-state index contributed by atoms with van der Waals surface area (Å²) in [6.07, 6.45) is 0. The highest BCUT2D eigenvalue weighted by Crippen LogP contribution is 2.26. The topological polar surface area (TPSA) is 26.0 Å². The first-order chi connectivity index (χ1) is 7.18. The van der Waals surface area contributed by atoms with E-state index in [0.717, 1.165) is 10.4 Å². The number of hydrogen-bond donors (Lipinski definition) is 1. The van der Waals surface area contributed by atoms with E-state index in [2.05, 4.69) is 0 Å². The van der Waals surface area contributed by atoms with Gasteiger partial charge in [-0.3, -0.25) is 0 Å². The molecule has 1 heterocycles. The van der Waals surface area contributed by atoms with Crippen LogP contribution in [0, 0.1) is 5.82 Å². The average molecular weight is 278 g/mol. The smallest absolute Gasteiger partial charge is 0.142 e. The molecule has 86 valence electrons. The van der Waals surface area contributed by atoms with Gasteiger partial charge in [-0.25, -0.2) is 4.39 Å². The van der Waals surface area contributed by atoms with Crippen LogP contribution in [0.2, 0.25) is 5.02 Å². The van der Waals surface area contributed by atoms with Crippen LogP contribution in [0.25, 0.3) is 0 Å². The van der Waals surface area contributed by atoms with Gasteiger partial charge < -0.3 is 5.73 Å². The number of nitrogens with two attached hydrogens (primary N) is 1. The average Bonchev–Trinajstić information content (AvgIpc) is 2.74. The van der Waals surface area contributed by atoms with Crippen LogP contribution in [0.5, 0.6) is 0 Å². The Bertz CT molecular complexity index is 459. The maximum Gasteiger partial charge on any atom is 0.142 e. The van der Waals surface area contributed by atoms with Crippen molar-refractivity contribution in [2.24, 2.45) is 5.73 Å². The lowest BCUT2D eigenvalue weighted by molar-refractivity contribution is 0.624. The molecule has 0 saturated heterocycles. The zero-order valence-electron chi connectivity index (χ0n) is 8.19. The number of halogens is 3. The van der Waals surface area contributed by atoms with E-state index in [1.807, 2.05) is 17.5 Å². The first-order valence-electron chi connectivity index (χ1n) is 4.42. The largest absolute Gasteiger partial charge is 0.320 e. The highest BCUT2D eigenvalue weighted by molar-refractivity contribution is 7.10. The Hall–Kier alpha value is -0.610. The molecule has 1 aromatic carbocycles. The lowest BCUT2D eigenvalue weighted by Crippen LogP contribution is -2.10. The summed E-state index contributed by atoms with van der Waals surface area (Å²) in [6.45, 7) is 0. The van der Waals surface area contributed by atoms with Gasteiger partial charge >= 0.3 is 0 Å². The number of rotatable bonds is 2. The molecule has 0 unspecified atom stereocenters. The molecule has 0 fully saturated rings. The van der Waals surface area contributed by atoms with E-state index >= 15 is 0 Å². The third-order valence-electron chi connectivity index (χ3n) is 2.15. The van der Waals surface area contributed by atoms with Crippen LogP contribution in [-0.4, -0.2) is 0 Å². The molecule has 2 rings (SSSR count). The summed E-state index contributed by atoms with van der Waals surface area (Å²) in [5, 5.41) is 2.07. The summed E-state index contributed by atoms with van der Waals surface area (Å²) in [7, 11) is 0. The van der Waals surface area contributed by atoms with Gasteiger partial charge in [-0.15, -0.1) is 23.7 Å². The van der Waals surface area contributed by atoms with Gasteiger partial charge in [0.1, 0.15) is 5.82 Å². The molecule has 1 nitrogen and oxygen atoms in total. The molecule has 0 radical (unpaired) electrons. The molecular formula is C11H10Cl2FNS. The van der Waals surface area contributed by atoms with Crippen molar-refractivity contribution >= 4 is 35.3 Å². The van der Waals surface area contributed by atoms with Crippen molar-refractivity contribution in [2.75, 3.05) is 0 Å². The normalized spacial score (nSPS) is 11.9. The summed E-state index contributed by atoms with van der Waals surface area (Å²) in [5.74, 6) is -0.429. The minimum Gasteiger partial charge on any atom is -0.320 e. The monoisotopic (exact) mass is 277 g/mol. The third-order valence-corrected chi connectivity index (χ3v) is 3.41. The van der Waals surface area contributed by atoms with Gasteiger partial charge in [0.05, 0.1) is 11.1 Å². The lowest BCUT2D eigenvalue weighted by atomic mass is 10.1. The van der Waals surface area contributed by atoms with Gasteiger partial charge in [0.15, 0.2) is 0 Å². The molecule has 5 heteroatoms.